The van der Waals surface area contributed by atoms with Crippen molar-refractivity contribution in [1.82, 2.24) is 0 Å². The van der Waals surface area contributed by atoms with Crippen LogP contribution in [0.15, 0.2) is 21.3 Å². The molecule has 0 atom stereocenters. The number of rotatable bonds is 3. The van der Waals surface area contributed by atoms with Crippen LogP contribution < -0.4 is 16.1 Å². The molecule has 0 aliphatic carbocycles. The highest BCUT2D eigenvalue weighted by Crippen LogP contribution is 2.29. The maximum absolute atomic E-state index is 11.7. The molecule has 0 aliphatic rings. The van der Waals surface area contributed by atoms with E-state index in [0.717, 1.165) is 10.9 Å². The molecule has 0 spiro atoms. The van der Waals surface area contributed by atoms with Crippen molar-refractivity contribution in [3.8, 4) is 5.75 Å². The van der Waals surface area contributed by atoms with Gasteiger partial charge in [0, 0.05) is 16.5 Å². The summed E-state index contributed by atoms with van der Waals surface area (Å²) in [6.45, 7) is 5.17. The Morgan fingerprint density at radius 3 is 2.53 bits per heavy atom. The maximum Gasteiger partial charge on any atom is 0.339 e. The average Bonchev–Trinajstić information content (AvgIpc) is 2.36. The van der Waals surface area contributed by atoms with Crippen LogP contribution in [-0.4, -0.2) is 12.5 Å². The first-order valence-corrected chi connectivity index (χ1v) is 5.86. The fourth-order valence-electron chi connectivity index (χ4n) is 1.93. The minimum atomic E-state index is -0.555. The van der Waals surface area contributed by atoms with Gasteiger partial charge in [0.15, 0.2) is 6.61 Å². The largest absolute Gasteiger partial charge is 0.483 e. The number of ether oxygens (including phenoxy) is 1. The van der Waals surface area contributed by atoms with Gasteiger partial charge in [0.05, 0.1) is 0 Å². The highest BCUT2D eigenvalue weighted by Gasteiger charge is 2.13. The summed E-state index contributed by atoms with van der Waals surface area (Å²) < 4.78 is 10.6. The monoisotopic (exact) mass is 261 g/mol. The Morgan fingerprint density at radius 2 is 1.89 bits per heavy atom. The third kappa shape index (κ3) is 2.31. The second-order valence-corrected chi connectivity index (χ2v) is 4.46. The van der Waals surface area contributed by atoms with Crippen molar-refractivity contribution in [2.75, 3.05) is 6.61 Å². The van der Waals surface area contributed by atoms with Crippen LogP contribution in [0.25, 0.3) is 11.0 Å². The van der Waals surface area contributed by atoms with Crippen LogP contribution in [0.3, 0.4) is 0 Å². The van der Waals surface area contributed by atoms with E-state index in [1.807, 2.05) is 13.0 Å². The van der Waals surface area contributed by atoms with Crippen LogP contribution in [0.2, 0.25) is 0 Å². The lowest BCUT2D eigenvalue weighted by molar-refractivity contribution is -0.119. The third-order valence-electron chi connectivity index (χ3n) is 3.19. The first-order chi connectivity index (χ1) is 8.91. The van der Waals surface area contributed by atoms with Crippen molar-refractivity contribution >= 4 is 16.9 Å². The SMILES string of the molecule is Cc1c(C)c2ccc(OCC(N)=O)c(C)c2oc1=O. The molecule has 0 saturated heterocycles. The lowest BCUT2D eigenvalue weighted by Gasteiger charge is -2.11. The molecule has 0 unspecified atom stereocenters. The van der Waals surface area contributed by atoms with E-state index in [-0.39, 0.29) is 12.2 Å². The van der Waals surface area contributed by atoms with E-state index in [4.69, 9.17) is 14.9 Å². The summed E-state index contributed by atoms with van der Waals surface area (Å²) in [5.74, 6) is -0.0706. The summed E-state index contributed by atoms with van der Waals surface area (Å²) in [5, 5.41) is 0.862. The van der Waals surface area contributed by atoms with Crippen molar-refractivity contribution in [3.05, 3.63) is 39.2 Å². The molecular weight excluding hydrogens is 246 g/mol. The predicted octanol–water partition coefficient (Wildman–Crippen LogP) is 1.58. The second-order valence-electron chi connectivity index (χ2n) is 4.46. The van der Waals surface area contributed by atoms with Crippen molar-refractivity contribution in [1.29, 1.82) is 0 Å². The van der Waals surface area contributed by atoms with Gasteiger partial charge in [-0.15, -0.1) is 0 Å². The lowest BCUT2D eigenvalue weighted by Crippen LogP contribution is -2.20. The zero-order chi connectivity index (χ0) is 14.2. The molecule has 0 bridgehead atoms. The first-order valence-electron chi connectivity index (χ1n) is 5.86. The smallest absolute Gasteiger partial charge is 0.339 e. The number of hydrogen-bond acceptors (Lipinski definition) is 4. The molecule has 2 rings (SSSR count). The molecule has 1 aromatic carbocycles. The van der Waals surface area contributed by atoms with E-state index in [1.54, 1.807) is 19.9 Å². The van der Waals surface area contributed by atoms with Gasteiger partial charge < -0.3 is 14.9 Å². The molecular formula is C14H15NO4. The molecule has 1 heterocycles. The minimum Gasteiger partial charge on any atom is -0.483 e. The number of nitrogens with two attached hydrogens (primary N) is 1. The lowest BCUT2D eigenvalue weighted by atomic mass is 10.0. The van der Waals surface area contributed by atoms with Crippen molar-refractivity contribution in [2.24, 2.45) is 5.73 Å². The van der Waals surface area contributed by atoms with E-state index in [0.29, 0.717) is 22.5 Å². The van der Waals surface area contributed by atoms with Crippen LogP contribution in [0, 0.1) is 20.8 Å². The van der Waals surface area contributed by atoms with Crippen molar-refractivity contribution in [2.45, 2.75) is 20.8 Å². The predicted molar refractivity (Wildman–Crippen MR) is 71.4 cm³/mol. The quantitative estimate of drug-likeness (QED) is 0.850. The molecule has 0 fully saturated rings. The molecule has 5 heteroatoms. The van der Waals surface area contributed by atoms with E-state index in [2.05, 4.69) is 0 Å². The highest BCUT2D eigenvalue weighted by atomic mass is 16.5. The number of amides is 1. The molecule has 0 aliphatic heterocycles. The van der Waals surface area contributed by atoms with Gasteiger partial charge in [0.2, 0.25) is 0 Å². The fourth-order valence-corrected chi connectivity index (χ4v) is 1.93. The number of hydrogen-bond donors (Lipinski definition) is 1. The normalized spacial score (nSPS) is 10.7. The van der Waals surface area contributed by atoms with Crippen LogP contribution >= 0.6 is 0 Å². The minimum absolute atomic E-state index is 0.207. The van der Waals surface area contributed by atoms with Gasteiger partial charge in [-0.3, -0.25) is 4.79 Å². The molecule has 1 amide bonds. The molecule has 100 valence electrons. The van der Waals surface area contributed by atoms with Crippen LogP contribution in [0.4, 0.5) is 0 Å². The van der Waals surface area contributed by atoms with Gasteiger partial charge in [-0.05, 0) is 38.5 Å². The molecule has 5 nitrogen and oxygen atoms in total. The third-order valence-corrected chi connectivity index (χ3v) is 3.19. The van der Waals surface area contributed by atoms with E-state index in [1.165, 1.54) is 0 Å². The number of carbonyl (C=O) groups excluding carboxylic acids is 1. The Balaban J connectivity index is 2.62. The summed E-state index contributed by atoms with van der Waals surface area (Å²) in [7, 11) is 0. The molecule has 19 heavy (non-hydrogen) atoms. The van der Waals surface area contributed by atoms with E-state index >= 15 is 0 Å². The average molecular weight is 261 g/mol. The van der Waals surface area contributed by atoms with Crippen LogP contribution in [0.5, 0.6) is 5.75 Å². The summed E-state index contributed by atoms with van der Waals surface area (Å²) in [5.41, 5.74) is 7.31. The maximum atomic E-state index is 11.7. The molecule has 0 radical (unpaired) electrons. The summed E-state index contributed by atoms with van der Waals surface area (Å²) in [6, 6.07) is 3.55. The highest BCUT2D eigenvalue weighted by molar-refractivity contribution is 5.85. The Hall–Kier alpha value is -2.30. The van der Waals surface area contributed by atoms with Gasteiger partial charge in [-0.2, -0.15) is 0 Å². The van der Waals surface area contributed by atoms with Gasteiger partial charge in [0.1, 0.15) is 11.3 Å². The summed E-state index contributed by atoms with van der Waals surface area (Å²) in [6.07, 6.45) is 0. The standard InChI is InChI=1S/C14H15NO4/c1-7-8(2)14(17)19-13-9(3)11(5-4-10(7)13)18-6-12(15)16/h4-5H,6H2,1-3H3,(H2,15,16). The van der Waals surface area contributed by atoms with Crippen molar-refractivity contribution in [3.63, 3.8) is 0 Å². The zero-order valence-corrected chi connectivity index (χ0v) is 11.1. The Morgan fingerprint density at radius 1 is 1.21 bits per heavy atom. The topological polar surface area (TPSA) is 82.5 Å². The van der Waals surface area contributed by atoms with Gasteiger partial charge in [-0.25, -0.2) is 4.79 Å². The molecule has 1 aromatic heterocycles. The molecule has 2 aromatic rings. The number of aryl methyl sites for hydroxylation is 2. The van der Waals surface area contributed by atoms with Crippen LogP contribution in [-0.2, 0) is 4.79 Å². The van der Waals surface area contributed by atoms with E-state index < -0.39 is 5.91 Å². The molecule has 2 N–H and O–H groups in total. The summed E-state index contributed by atoms with van der Waals surface area (Å²) in [4.78, 5) is 22.4. The number of fused-ring (bicyclic) bond motifs is 1. The number of carbonyl (C=O) groups is 1. The zero-order valence-electron chi connectivity index (χ0n) is 11.1. The Kier molecular flexibility index (Phi) is 3.29. The number of benzene rings is 1. The number of primary amides is 1. The van der Waals surface area contributed by atoms with Gasteiger partial charge in [0.25, 0.3) is 5.91 Å². The van der Waals surface area contributed by atoms with Crippen LogP contribution in [0.1, 0.15) is 16.7 Å². The Labute approximate surface area is 110 Å². The second kappa shape index (κ2) is 4.76. The fraction of sp³-hybridized carbons (Fsp3) is 0.286. The Bertz CT molecular complexity index is 715. The first kappa shape index (κ1) is 13.1. The van der Waals surface area contributed by atoms with Gasteiger partial charge >= 0.3 is 5.63 Å². The molecule has 0 saturated carbocycles. The van der Waals surface area contributed by atoms with E-state index in [9.17, 15) is 9.59 Å². The van der Waals surface area contributed by atoms with Crippen molar-refractivity contribution < 1.29 is 13.9 Å². The summed E-state index contributed by atoms with van der Waals surface area (Å²) >= 11 is 0. The van der Waals surface area contributed by atoms with Gasteiger partial charge in [-0.1, -0.05) is 0 Å².